The summed E-state index contributed by atoms with van der Waals surface area (Å²) in [4.78, 5) is 26.9. The van der Waals surface area contributed by atoms with Crippen LogP contribution in [0, 0.1) is 6.92 Å². The summed E-state index contributed by atoms with van der Waals surface area (Å²) < 4.78 is 18.3. The highest BCUT2D eigenvalue weighted by Gasteiger charge is 2.26. The molecular formula is C21H26N6O4. The van der Waals surface area contributed by atoms with Gasteiger partial charge in [0.25, 0.3) is 0 Å². The van der Waals surface area contributed by atoms with Gasteiger partial charge in [0.15, 0.2) is 5.65 Å². The van der Waals surface area contributed by atoms with Crippen LogP contribution in [0.5, 0.6) is 11.8 Å². The van der Waals surface area contributed by atoms with Gasteiger partial charge in [0, 0.05) is 32.0 Å². The molecule has 1 aliphatic heterocycles. The van der Waals surface area contributed by atoms with Crippen LogP contribution in [0.1, 0.15) is 32.4 Å². The fourth-order valence-corrected chi connectivity index (χ4v) is 3.55. The highest BCUT2D eigenvalue weighted by molar-refractivity contribution is 5.81. The second-order valence-corrected chi connectivity index (χ2v) is 7.67. The van der Waals surface area contributed by atoms with Gasteiger partial charge in [0.2, 0.25) is 11.8 Å². The molecule has 0 unspecified atom stereocenters. The van der Waals surface area contributed by atoms with E-state index >= 15 is 0 Å². The van der Waals surface area contributed by atoms with Gasteiger partial charge in [-0.15, -0.1) is 0 Å². The van der Waals surface area contributed by atoms with Crippen molar-refractivity contribution >= 4 is 17.1 Å². The van der Waals surface area contributed by atoms with Crippen molar-refractivity contribution in [3.63, 3.8) is 0 Å². The molecular weight excluding hydrogens is 400 g/mol. The summed E-state index contributed by atoms with van der Waals surface area (Å²) in [7, 11) is 1.58. The maximum Gasteiger partial charge on any atom is 0.410 e. The van der Waals surface area contributed by atoms with Crippen LogP contribution >= 0.6 is 0 Å². The third-order valence-electron chi connectivity index (χ3n) is 5.11. The summed E-state index contributed by atoms with van der Waals surface area (Å²) in [5.74, 6) is 1.03. The Labute approximate surface area is 180 Å². The lowest BCUT2D eigenvalue weighted by Gasteiger charge is -2.31. The summed E-state index contributed by atoms with van der Waals surface area (Å²) in [6, 6.07) is 3.68. The number of nitrogens with zero attached hydrogens (tertiary/aromatic N) is 6. The Morgan fingerprint density at radius 3 is 2.65 bits per heavy atom. The van der Waals surface area contributed by atoms with Crippen molar-refractivity contribution < 1.29 is 19.0 Å². The Morgan fingerprint density at radius 1 is 1.19 bits per heavy atom. The number of ether oxygens (including phenoxy) is 3. The molecule has 10 heteroatoms. The standard InChI is InChI=1S/C21H26N6O4/c1-13(2)30-21(28)26-9-7-15(8-10-26)31-20-16-11-24-27(19(16)22-12-23-20)17-5-6-18(29-4)25-14(17)3/h5-6,11-13,15H,7-10H2,1-4H3. The molecule has 3 aromatic rings. The van der Waals surface area contributed by atoms with E-state index in [0.29, 0.717) is 43.3 Å². The predicted octanol–water partition coefficient (Wildman–Crippen LogP) is 2.92. The molecule has 1 aliphatic rings. The van der Waals surface area contributed by atoms with E-state index < -0.39 is 0 Å². The number of carbonyl (C=O) groups is 1. The first-order valence-corrected chi connectivity index (χ1v) is 10.3. The lowest BCUT2D eigenvalue weighted by molar-refractivity contribution is 0.0511. The van der Waals surface area contributed by atoms with Crippen molar-refractivity contribution in [1.29, 1.82) is 0 Å². The minimum atomic E-state index is -0.275. The third kappa shape index (κ3) is 4.37. The molecule has 1 amide bonds. The van der Waals surface area contributed by atoms with E-state index in [0.717, 1.165) is 16.8 Å². The zero-order chi connectivity index (χ0) is 22.0. The minimum Gasteiger partial charge on any atom is -0.481 e. The lowest BCUT2D eigenvalue weighted by Crippen LogP contribution is -2.42. The first kappa shape index (κ1) is 20.8. The van der Waals surface area contributed by atoms with Gasteiger partial charge in [-0.05, 0) is 26.8 Å². The van der Waals surface area contributed by atoms with Crippen LogP contribution in [0.4, 0.5) is 4.79 Å². The third-order valence-corrected chi connectivity index (χ3v) is 5.11. The number of likely N-dealkylation sites (tertiary alicyclic amines) is 1. The topological polar surface area (TPSA) is 104 Å². The lowest BCUT2D eigenvalue weighted by atomic mass is 10.1. The number of rotatable bonds is 5. The van der Waals surface area contributed by atoms with Gasteiger partial charge in [0.1, 0.15) is 17.8 Å². The van der Waals surface area contributed by atoms with Crippen molar-refractivity contribution in [3.8, 4) is 17.4 Å². The van der Waals surface area contributed by atoms with E-state index in [1.54, 1.807) is 29.0 Å². The molecule has 0 saturated carbocycles. The van der Waals surface area contributed by atoms with E-state index in [2.05, 4.69) is 20.1 Å². The maximum absolute atomic E-state index is 12.1. The quantitative estimate of drug-likeness (QED) is 0.613. The van der Waals surface area contributed by atoms with Crippen molar-refractivity contribution in [1.82, 2.24) is 29.6 Å². The van der Waals surface area contributed by atoms with Gasteiger partial charge < -0.3 is 19.1 Å². The van der Waals surface area contributed by atoms with Crippen molar-refractivity contribution in [2.45, 2.75) is 45.8 Å². The first-order chi connectivity index (χ1) is 15.0. The SMILES string of the molecule is COc1ccc(-n2ncc3c(OC4CCN(C(=O)OC(C)C)CC4)ncnc32)c(C)n1. The van der Waals surface area contributed by atoms with Gasteiger partial charge in [-0.1, -0.05) is 0 Å². The number of amides is 1. The van der Waals surface area contributed by atoms with Crippen LogP contribution in [0.2, 0.25) is 0 Å². The van der Waals surface area contributed by atoms with Crippen LogP contribution in [-0.2, 0) is 4.74 Å². The smallest absolute Gasteiger partial charge is 0.410 e. The van der Waals surface area contributed by atoms with Gasteiger partial charge in [-0.2, -0.15) is 5.10 Å². The number of piperidine rings is 1. The molecule has 0 bridgehead atoms. The van der Waals surface area contributed by atoms with E-state index in [4.69, 9.17) is 14.2 Å². The number of methoxy groups -OCH3 is 1. The second kappa shape index (κ2) is 8.75. The largest absolute Gasteiger partial charge is 0.481 e. The van der Waals surface area contributed by atoms with Gasteiger partial charge in [0.05, 0.1) is 30.8 Å². The average Bonchev–Trinajstić information content (AvgIpc) is 3.18. The van der Waals surface area contributed by atoms with Gasteiger partial charge >= 0.3 is 6.09 Å². The molecule has 4 rings (SSSR count). The summed E-state index contributed by atoms with van der Waals surface area (Å²) in [5.41, 5.74) is 2.21. The summed E-state index contributed by atoms with van der Waals surface area (Å²) in [5, 5.41) is 5.20. The maximum atomic E-state index is 12.1. The minimum absolute atomic E-state index is 0.0473. The van der Waals surface area contributed by atoms with Crippen LogP contribution in [0.25, 0.3) is 16.7 Å². The molecule has 3 aromatic heterocycles. The fraction of sp³-hybridized carbons (Fsp3) is 0.476. The Bertz CT molecular complexity index is 1070. The predicted molar refractivity (Wildman–Crippen MR) is 113 cm³/mol. The Hall–Kier alpha value is -3.43. The van der Waals surface area contributed by atoms with Crippen LogP contribution in [0.3, 0.4) is 0 Å². The molecule has 31 heavy (non-hydrogen) atoms. The number of carbonyl (C=O) groups excluding carboxylic acids is 1. The molecule has 0 aromatic carbocycles. The molecule has 1 saturated heterocycles. The number of hydrogen-bond acceptors (Lipinski definition) is 8. The van der Waals surface area contributed by atoms with Gasteiger partial charge in [-0.25, -0.2) is 24.4 Å². The molecule has 164 valence electrons. The van der Waals surface area contributed by atoms with E-state index in [-0.39, 0.29) is 18.3 Å². The average molecular weight is 426 g/mol. The molecule has 4 heterocycles. The number of aromatic nitrogens is 5. The highest BCUT2D eigenvalue weighted by atomic mass is 16.6. The molecule has 0 radical (unpaired) electrons. The summed E-state index contributed by atoms with van der Waals surface area (Å²) in [6.07, 6.45) is 4.12. The summed E-state index contributed by atoms with van der Waals surface area (Å²) in [6.45, 7) is 6.75. The number of pyridine rings is 1. The van der Waals surface area contributed by atoms with E-state index in [1.807, 2.05) is 26.8 Å². The van der Waals surface area contributed by atoms with Crippen LogP contribution < -0.4 is 9.47 Å². The number of hydrogen-bond donors (Lipinski definition) is 0. The molecule has 10 nitrogen and oxygen atoms in total. The second-order valence-electron chi connectivity index (χ2n) is 7.67. The van der Waals surface area contributed by atoms with Crippen LogP contribution in [0.15, 0.2) is 24.7 Å². The first-order valence-electron chi connectivity index (χ1n) is 10.3. The molecule has 0 N–H and O–H groups in total. The molecule has 0 spiro atoms. The molecule has 1 fully saturated rings. The van der Waals surface area contributed by atoms with Crippen LogP contribution in [-0.4, -0.2) is 68.1 Å². The van der Waals surface area contributed by atoms with Gasteiger partial charge in [-0.3, -0.25) is 0 Å². The number of fused-ring (bicyclic) bond motifs is 1. The normalized spacial score (nSPS) is 14.8. The molecule has 0 atom stereocenters. The van der Waals surface area contributed by atoms with E-state index in [1.165, 1.54) is 6.33 Å². The van der Waals surface area contributed by atoms with Crippen molar-refractivity contribution in [2.75, 3.05) is 20.2 Å². The Balaban J connectivity index is 1.50. The Morgan fingerprint density at radius 2 is 1.97 bits per heavy atom. The molecule has 0 aliphatic carbocycles. The zero-order valence-corrected chi connectivity index (χ0v) is 18.1. The number of aryl methyl sites for hydroxylation is 1. The van der Waals surface area contributed by atoms with Crippen molar-refractivity contribution in [3.05, 3.63) is 30.4 Å². The summed E-state index contributed by atoms with van der Waals surface area (Å²) >= 11 is 0. The highest BCUT2D eigenvalue weighted by Crippen LogP contribution is 2.27. The zero-order valence-electron chi connectivity index (χ0n) is 18.1. The fourth-order valence-electron chi connectivity index (χ4n) is 3.55. The van der Waals surface area contributed by atoms with Crippen molar-refractivity contribution in [2.24, 2.45) is 0 Å². The van der Waals surface area contributed by atoms with E-state index in [9.17, 15) is 4.79 Å². The monoisotopic (exact) mass is 426 g/mol. The Kier molecular flexibility index (Phi) is 5.88.